The maximum absolute atomic E-state index is 13.9. The largest absolute Gasteiger partial charge is 0.395 e. The molecule has 1 aliphatic heterocycles. The fourth-order valence-electron chi connectivity index (χ4n) is 3.01. The van der Waals surface area contributed by atoms with Crippen molar-refractivity contribution in [2.24, 2.45) is 5.92 Å². The Morgan fingerprint density at radius 1 is 1.35 bits per heavy atom. The number of hydrogen-bond donors (Lipinski definition) is 1. The van der Waals surface area contributed by atoms with Gasteiger partial charge in [-0.25, -0.2) is 8.78 Å². The van der Waals surface area contributed by atoms with Gasteiger partial charge in [-0.15, -0.1) is 0 Å². The van der Waals surface area contributed by atoms with Crippen LogP contribution in [0.25, 0.3) is 0 Å². The smallest absolute Gasteiger partial charge is 0.228 e. The molecule has 2 fully saturated rings. The number of aliphatic hydroxyl groups is 1. The summed E-state index contributed by atoms with van der Waals surface area (Å²) in [5.41, 5.74) is -0.00756. The second-order valence-corrected chi connectivity index (χ2v) is 5.99. The molecule has 1 aromatic carbocycles. The van der Waals surface area contributed by atoms with Crippen LogP contribution in [0.3, 0.4) is 0 Å². The summed E-state index contributed by atoms with van der Waals surface area (Å²) in [5.74, 6) is -2.62. The lowest BCUT2D eigenvalue weighted by molar-refractivity contribution is -0.136. The Morgan fingerprint density at radius 2 is 2.09 bits per heavy atom. The van der Waals surface area contributed by atoms with Gasteiger partial charge in [0.15, 0.2) is 0 Å². The van der Waals surface area contributed by atoms with Crippen molar-refractivity contribution >= 4 is 17.5 Å². The molecule has 1 aromatic rings. The number of aliphatic hydroxyl groups excluding tert-OH is 1. The molecule has 0 radical (unpaired) electrons. The Labute approximate surface area is 132 Å². The van der Waals surface area contributed by atoms with Crippen LogP contribution >= 0.6 is 0 Å². The Kier molecular flexibility index (Phi) is 4.30. The minimum atomic E-state index is -0.819. The molecule has 124 valence electrons. The normalized spacial score (nSPS) is 20.9. The predicted molar refractivity (Wildman–Crippen MR) is 78.6 cm³/mol. The van der Waals surface area contributed by atoms with Crippen molar-refractivity contribution in [1.29, 1.82) is 0 Å². The molecule has 1 heterocycles. The standard InChI is InChI=1S/C16H18F2N2O3/c17-11-1-4-14(13(18)8-11)20-9-10(7-15(20)22)16(23)19(5-6-21)12-2-3-12/h1,4,8,10,12,21H,2-3,5-7,9H2. The van der Waals surface area contributed by atoms with Gasteiger partial charge in [0.25, 0.3) is 0 Å². The van der Waals surface area contributed by atoms with Crippen molar-refractivity contribution in [2.75, 3.05) is 24.6 Å². The van der Waals surface area contributed by atoms with Crippen LogP contribution in [0.2, 0.25) is 0 Å². The monoisotopic (exact) mass is 324 g/mol. The summed E-state index contributed by atoms with van der Waals surface area (Å²) in [7, 11) is 0. The molecule has 0 spiro atoms. The lowest BCUT2D eigenvalue weighted by Gasteiger charge is -2.24. The van der Waals surface area contributed by atoms with E-state index in [1.165, 1.54) is 11.0 Å². The lowest BCUT2D eigenvalue weighted by Crippen LogP contribution is -2.40. The minimum Gasteiger partial charge on any atom is -0.395 e. The summed E-state index contributed by atoms with van der Waals surface area (Å²) < 4.78 is 26.9. The van der Waals surface area contributed by atoms with E-state index in [9.17, 15) is 18.4 Å². The third kappa shape index (κ3) is 3.19. The number of anilines is 1. The van der Waals surface area contributed by atoms with Crippen LogP contribution in [0.1, 0.15) is 19.3 Å². The van der Waals surface area contributed by atoms with E-state index in [0.717, 1.165) is 25.0 Å². The predicted octanol–water partition coefficient (Wildman–Crippen LogP) is 1.30. The zero-order valence-corrected chi connectivity index (χ0v) is 12.5. The first-order valence-electron chi connectivity index (χ1n) is 7.68. The topological polar surface area (TPSA) is 60.9 Å². The number of carbonyl (C=O) groups is 2. The zero-order valence-electron chi connectivity index (χ0n) is 12.5. The Morgan fingerprint density at radius 3 is 2.70 bits per heavy atom. The van der Waals surface area contributed by atoms with Crippen molar-refractivity contribution in [3.05, 3.63) is 29.8 Å². The zero-order chi connectivity index (χ0) is 16.6. The van der Waals surface area contributed by atoms with E-state index in [1.54, 1.807) is 4.90 Å². The van der Waals surface area contributed by atoms with Crippen LogP contribution in [0.5, 0.6) is 0 Å². The number of nitrogens with zero attached hydrogens (tertiary/aromatic N) is 2. The highest BCUT2D eigenvalue weighted by Gasteiger charge is 2.41. The summed E-state index contributed by atoms with van der Waals surface area (Å²) in [6, 6.07) is 3.16. The Bertz CT molecular complexity index is 634. The van der Waals surface area contributed by atoms with Crippen LogP contribution in [0, 0.1) is 17.6 Å². The Balaban J connectivity index is 1.75. The number of carbonyl (C=O) groups excluding carboxylic acids is 2. The van der Waals surface area contributed by atoms with E-state index in [-0.39, 0.29) is 49.7 Å². The SMILES string of the molecule is O=C1CC(C(=O)N(CCO)C2CC2)CN1c1ccc(F)cc1F. The van der Waals surface area contributed by atoms with Gasteiger partial charge in [0.1, 0.15) is 11.6 Å². The molecule has 3 rings (SSSR count). The van der Waals surface area contributed by atoms with Crippen molar-refractivity contribution in [2.45, 2.75) is 25.3 Å². The maximum atomic E-state index is 13.9. The molecule has 23 heavy (non-hydrogen) atoms. The average Bonchev–Trinajstić information content (AvgIpc) is 3.27. The van der Waals surface area contributed by atoms with Crippen LogP contribution in [0.4, 0.5) is 14.5 Å². The molecule has 0 aromatic heterocycles. The molecule has 0 bridgehead atoms. The fourth-order valence-corrected chi connectivity index (χ4v) is 3.01. The number of halogens is 2. The average molecular weight is 324 g/mol. The molecule has 1 unspecified atom stereocenters. The number of benzene rings is 1. The van der Waals surface area contributed by atoms with E-state index < -0.39 is 17.6 Å². The Hall–Kier alpha value is -2.02. The van der Waals surface area contributed by atoms with Gasteiger partial charge < -0.3 is 14.9 Å². The molecule has 7 heteroatoms. The van der Waals surface area contributed by atoms with Crippen LogP contribution < -0.4 is 4.90 Å². The van der Waals surface area contributed by atoms with Crippen molar-refractivity contribution in [3.8, 4) is 0 Å². The highest BCUT2D eigenvalue weighted by Crippen LogP contribution is 2.32. The number of amides is 2. The second-order valence-electron chi connectivity index (χ2n) is 5.99. The third-order valence-corrected chi connectivity index (χ3v) is 4.29. The summed E-state index contributed by atoms with van der Waals surface area (Å²) in [5, 5.41) is 9.09. The number of hydrogen-bond acceptors (Lipinski definition) is 3. The molecule has 5 nitrogen and oxygen atoms in total. The first-order chi connectivity index (χ1) is 11.0. The first-order valence-corrected chi connectivity index (χ1v) is 7.68. The first kappa shape index (κ1) is 15.9. The van der Waals surface area contributed by atoms with Crippen LogP contribution in [0.15, 0.2) is 18.2 Å². The van der Waals surface area contributed by atoms with Crippen LogP contribution in [-0.2, 0) is 9.59 Å². The highest BCUT2D eigenvalue weighted by molar-refractivity contribution is 6.00. The summed E-state index contributed by atoms with van der Waals surface area (Å²) in [6.45, 7) is 0.202. The van der Waals surface area contributed by atoms with Crippen LogP contribution in [-0.4, -0.2) is 47.6 Å². The van der Waals surface area contributed by atoms with Gasteiger partial charge in [0, 0.05) is 31.6 Å². The lowest BCUT2D eigenvalue weighted by atomic mass is 10.1. The molecular formula is C16H18F2N2O3. The van der Waals surface area contributed by atoms with E-state index >= 15 is 0 Å². The third-order valence-electron chi connectivity index (χ3n) is 4.29. The van der Waals surface area contributed by atoms with Crippen molar-refractivity contribution in [1.82, 2.24) is 4.90 Å². The number of rotatable bonds is 5. The molecular weight excluding hydrogens is 306 g/mol. The van der Waals surface area contributed by atoms with Crippen molar-refractivity contribution in [3.63, 3.8) is 0 Å². The van der Waals surface area contributed by atoms with E-state index in [4.69, 9.17) is 5.11 Å². The second kappa shape index (κ2) is 6.23. The molecule has 2 amide bonds. The van der Waals surface area contributed by atoms with E-state index in [0.29, 0.717) is 0 Å². The molecule has 1 aliphatic carbocycles. The summed E-state index contributed by atoms with van der Waals surface area (Å²) in [6.07, 6.45) is 1.82. The van der Waals surface area contributed by atoms with Crippen molar-refractivity contribution < 1.29 is 23.5 Å². The quantitative estimate of drug-likeness (QED) is 0.888. The molecule has 1 saturated carbocycles. The van der Waals surface area contributed by atoms with Gasteiger partial charge in [0.05, 0.1) is 18.2 Å². The minimum absolute atomic E-state index is 0.00426. The van der Waals surface area contributed by atoms with Gasteiger partial charge in [-0.1, -0.05) is 0 Å². The molecule has 2 aliphatic rings. The van der Waals surface area contributed by atoms with E-state index in [2.05, 4.69) is 0 Å². The fraction of sp³-hybridized carbons (Fsp3) is 0.500. The molecule has 1 saturated heterocycles. The summed E-state index contributed by atoms with van der Waals surface area (Å²) >= 11 is 0. The maximum Gasteiger partial charge on any atom is 0.228 e. The van der Waals surface area contributed by atoms with Gasteiger partial charge in [-0.05, 0) is 25.0 Å². The van der Waals surface area contributed by atoms with Gasteiger partial charge in [-0.2, -0.15) is 0 Å². The highest BCUT2D eigenvalue weighted by atomic mass is 19.1. The molecule has 1 atom stereocenters. The van der Waals surface area contributed by atoms with Gasteiger partial charge >= 0.3 is 0 Å². The van der Waals surface area contributed by atoms with Gasteiger partial charge in [0.2, 0.25) is 11.8 Å². The summed E-state index contributed by atoms with van der Waals surface area (Å²) in [4.78, 5) is 27.5. The van der Waals surface area contributed by atoms with Gasteiger partial charge in [-0.3, -0.25) is 9.59 Å². The van der Waals surface area contributed by atoms with E-state index in [1.807, 2.05) is 0 Å². The molecule has 1 N–H and O–H groups in total.